The zero-order chi connectivity index (χ0) is 18.5. The highest BCUT2D eigenvalue weighted by Crippen LogP contribution is 2.21. The lowest BCUT2D eigenvalue weighted by molar-refractivity contribution is -0.134. The van der Waals surface area contributed by atoms with E-state index < -0.39 is 0 Å². The molecule has 1 aliphatic heterocycles. The van der Waals surface area contributed by atoms with Gasteiger partial charge in [0.25, 0.3) is 0 Å². The third kappa shape index (κ3) is 4.66. The molecule has 0 unspecified atom stereocenters. The summed E-state index contributed by atoms with van der Waals surface area (Å²) in [4.78, 5) is 21.0. The van der Waals surface area contributed by atoms with Gasteiger partial charge in [-0.1, -0.05) is 26.0 Å². The zero-order valence-corrected chi connectivity index (χ0v) is 15.4. The fourth-order valence-electron chi connectivity index (χ4n) is 3.39. The second kappa shape index (κ2) is 8.40. The summed E-state index contributed by atoms with van der Waals surface area (Å²) in [6.45, 7) is 8.00. The molecular weight excluding hydrogens is 333 g/mol. The van der Waals surface area contributed by atoms with Crippen LogP contribution >= 0.6 is 0 Å². The van der Waals surface area contributed by atoms with Gasteiger partial charge in [0, 0.05) is 38.6 Å². The molecule has 0 bridgehead atoms. The smallest absolute Gasteiger partial charge is 0.224 e. The highest BCUT2D eigenvalue weighted by Gasteiger charge is 2.31. The van der Waals surface area contributed by atoms with E-state index in [1.807, 2.05) is 9.58 Å². The Hall–Kier alpha value is -2.28. The van der Waals surface area contributed by atoms with E-state index in [2.05, 4.69) is 28.8 Å². The van der Waals surface area contributed by atoms with Crippen molar-refractivity contribution in [3.8, 4) is 0 Å². The predicted octanol–water partition coefficient (Wildman–Crippen LogP) is 2.18. The van der Waals surface area contributed by atoms with Crippen molar-refractivity contribution in [2.45, 2.75) is 39.4 Å². The minimum Gasteiger partial charge on any atom is -0.334 e. The highest BCUT2D eigenvalue weighted by atomic mass is 19.1. The van der Waals surface area contributed by atoms with Crippen molar-refractivity contribution in [2.75, 3.05) is 19.6 Å². The van der Waals surface area contributed by atoms with Crippen LogP contribution in [-0.2, 0) is 17.9 Å². The van der Waals surface area contributed by atoms with Gasteiger partial charge < -0.3 is 4.90 Å². The van der Waals surface area contributed by atoms with Gasteiger partial charge in [0.2, 0.25) is 5.91 Å². The largest absolute Gasteiger partial charge is 0.334 e. The molecule has 7 heteroatoms. The molecular formula is C19H26FN5O. The monoisotopic (exact) mass is 359 g/mol. The molecule has 1 amide bonds. The van der Waals surface area contributed by atoms with Crippen LogP contribution < -0.4 is 0 Å². The summed E-state index contributed by atoms with van der Waals surface area (Å²) in [5, 5.41) is 4.14. The van der Waals surface area contributed by atoms with Crippen LogP contribution in [0.1, 0.15) is 25.8 Å². The molecule has 1 saturated heterocycles. The lowest BCUT2D eigenvalue weighted by atomic mass is 10.0. The Bertz CT molecular complexity index is 701. The van der Waals surface area contributed by atoms with Crippen molar-refractivity contribution < 1.29 is 9.18 Å². The van der Waals surface area contributed by atoms with E-state index in [1.165, 1.54) is 18.5 Å². The van der Waals surface area contributed by atoms with Crippen LogP contribution in [0.3, 0.4) is 0 Å². The second-order valence-corrected chi connectivity index (χ2v) is 7.17. The van der Waals surface area contributed by atoms with Gasteiger partial charge in [-0.15, -0.1) is 0 Å². The minimum absolute atomic E-state index is 0.130. The normalized spacial score (nSPS) is 19.2. The standard InChI is InChI=1S/C19H26FN5O/c1-15(2)18-12-23(9-10-24-14-21-13-22-24)8-7-19(26)25(18)11-16-3-5-17(20)6-4-16/h3-6,13-15,18H,7-12H2,1-2H3/t18-/m1/s1. The SMILES string of the molecule is CC(C)[C@H]1CN(CCn2cncn2)CCC(=O)N1Cc1ccc(F)cc1. The van der Waals surface area contributed by atoms with Gasteiger partial charge in [-0.25, -0.2) is 9.37 Å². The van der Waals surface area contributed by atoms with Gasteiger partial charge in [0.15, 0.2) is 0 Å². The first kappa shape index (κ1) is 18.5. The molecule has 1 aromatic carbocycles. The molecule has 0 saturated carbocycles. The van der Waals surface area contributed by atoms with E-state index in [0.29, 0.717) is 18.9 Å². The number of amides is 1. The molecule has 0 spiro atoms. The van der Waals surface area contributed by atoms with Crippen molar-refractivity contribution in [2.24, 2.45) is 5.92 Å². The third-order valence-corrected chi connectivity index (χ3v) is 4.96. The number of nitrogens with zero attached hydrogens (tertiary/aromatic N) is 5. The number of hydrogen-bond acceptors (Lipinski definition) is 4. The molecule has 140 valence electrons. The van der Waals surface area contributed by atoms with Crippen LogP contribution in [0.5, 0.6) is 0 Å². The summed E-state index contributed by atoms with van der Waals surface area (Å²) in [6, 6.07) is 6.55. The van der Waals surface area contributed by atoms with Gasteiger partial charge >= 0.3 is 0 Å². The lowest BCUT2D eigenvalue weighted by Gasteiger charge is -2.35. The van der Waals surface area contributed by atoms with Crippen LogP contribution in [0, 0.1) is 11.7 Å². The summed E-state index contributed by atoms with van der Waals surface area (Å²) < 4.78 is 15.0. The van der Waals surface area contributed by atoms with E-state index in [0.717, 1.165) is 31.7 Å². The first-order chi connectivity index (χ1) is 12.5. The van der Waals surface area contributed by atoms with Crippen molar-refractivity contribution in [1.82, 2.24) is 24.6 Å². The van der Waals surface area contributed by atoms with Gasteiger partial charge in [-0.2, -0.15) is 5.10 Å². The van der Waals surface area contributed by atoms with Crippen molar-refractivity contribution in [1.29, 1.82) is 0 Å². The minimum atomic E-state index is -0.254. The Morgan fingerprint density at radius 3 is 2.65 bits per heavy atom. The number of rotatable bonds is 6. The maximum absolute atomic E-state index is 13.2. The van der Waals surface area contributed by atoms with Gasteiger partial charge in [-0.3, -0.25) is 14.4 Å². The van der Waals surface area contributed by atoms with Crippen molar-refractivity contribution in [3.63, 3.8) is 0 Å². The second-order valence-electron chi connectivity index (χ2n) is 7.17. The Labute approximate surface area is 153 Å². The number of hydrogen-bond donors (Lipinski definition) is 0. The summed E-state index contributed by atoms with van der Waals surface area (Å²) >= 11 is 0. The van der Waals surface area contributed by atoms with Crippen LogP contribution in [-0.4, -0.2) is 56.1 Å². The Morgan fingerprint density at radius 2 is 2.00 bits per heavy atom. The number of carbonyl (C=O) groups excluding carboxylic acids is 1. The van der Waals surface area contributed by atoms with Crippen LogP contribution in [0.2, 0.25) is 0 Å². The third-order valence-electron chi connectivity index (χ3n) is 4.96. The number of halogens is 1. The van der Waals surface area contributed by atoms with E-state index in [1.54, 1.807) is 18.5 Å². The Balaban J connectivity index is 1.69. The molecule has 1 aliphatic rings. The molecule has 6 nitrogen and oxygen atoms in total. The summed E-state index contributed by atoms with van der Waals surface area (Å²) in [5.74, 6) is 0.248. The van der Waals surface area contributed by atoms with E-state index in [-0.39, 0.29) is 17.8 Å². The van der Waals surface area contributed by atoms with Crippen molar-refractivity contribution >= 4 is 5.91 Å². The summed E-state index contributed by atoms with van der Waals surface area (Å²) in [7, 11) is 0. The van der Waals surface area contributed by atoms with Gasteiger partial charge in [0.1, 0.15) is 18.5 Å². The van der Waals surface area contributed by atoms with E-state index in [4.69, 9.17) is 0 Å². The highest BCUT2D eigenvalue weighted by molar-refractivity contribution is 5.77. The Morgan fingerprint density at radius 1 is 1.23 bits per heavy atom. The van der Waals surface area contributed by atoms with E-state index in [9.17, 15) is 9.18 Å². The topological polar surface area (TPSA) is 54.3 Å². The first-order valence-corrected chi connectivity index (χ1v) is 9.11. The molecule has 0 N–H and O–H groups in total. The molecule has 1 fully saturated rings. The fraction of sp³-hybridized carbons (Fsp3) is 0.526. The van der Waals surface area contributed by atoms with E-state index >= 15 is 0 Å². The maximum Gasteiger partial charge on any atom is 0.224 e. The van der Waals surface area contributed by atoms with Gasteiger partial charge in [0.05, 0.1) is 6.54 Å². The molecule has 2 heterocycles. The van der Waals surface area contributed by atoms with Crippen LogP contribution in [0.25, 0.3) is 0 Å². The molecule has 2 aromatic rings. The van der Waals surface area contributed by atoms with Gasteiger partial charge in [-0.05, 0) is 23.6 Å². The van der Waals surface area contributed by atoms with Crippen LogP contribution in [0.4, 0.5) is 4.39 Å². The lowest BCUT2D eigenvalue weighted by Crippen LogP contribution is -2.46. The zero-order valence-electron chi connectivity index (χ0n) is 15.4. The van der Waals surface area contributed by atoms with Crippen LogP contribution in [0.15, 0.2) is 36.9 Å². The first-order valence-electron chi connectivity index (χ1n) is 9.11. The Kier molecular flexibility index (Phi) is 5.98. The fourth-order valence-corrected chi connectivity index (χ4v) is 3.39. The summed E-state index contributed by atoms with van der Waals surface area (Å²) in [5.41, 5.74) is 0.960. The maximum atomic E-state index is 13.2. The molecule has 3 rings (SSSR count). The summed E-state index contributed by atoms with van der Waals surface area (Å²) in [6.07, 6.45) is 3.75. The molecule has 0 aliphatic carbocycles. The number of carbonyl (C=O) groups is 1. The molecule has 1 atom stereocenters. The average molecular weight is 359 g/mol. The molecule has 0 radical (unpaired) electrons. The molecule has 1 aromatic heterocycles. The number of aromatic nitrogens is 3. The predicted molar refractivity (Wildman–Crippen MR) is 96.7 cm³/mol. The number of benzene rings is 1. The quantitative estimate of drug-likeness (QED) is 0.793. The molecule has 26 heavy (non-hydrogen) atoms. The average Bonchev–Trinajstić information content (AvgIpc) is 3.08. The van der Waals surface area contributed by atoms with Crippen molar-refractivity contribution in [3.05, 3.63) is 48.3 Å².